The minimum Gasteiger partial charge on any atom is -0.462 e. The lowest BCUT2D eigenvalue weighted by atomic mass is 10.1. The van der Waals surface area contributed by atoms with E-state index < -0.39 is 17.8 Å². The lowest BCUT2D eigenvalue weighted by molar-refractivity contribution is -0.114. The number of halogens is 1. The lowest BCUT2D eigenvalue weighted by Crippen LogP contribution is -2.30. The summed E-state index contributed by atoms with van der Waals surface area (Å²) in [5.41, 5.74) is 2.68. The van der Waals surface area contributed by atoms with Gasteiger partial charge in [-0.15, -0.1) is 11.8 Å². The van der Waals surface area contributed by atoms with Crippen LogP contribution in [0.5, 0.6) is 0 Å². The fourth-order valence-corrected chi connectivity index (χ4v) is 4.80. The molecule has 0 saturated carbocycles. The summed E-state index contributed by atoms with van der Waals surface area (Å²) in [5.74, 6) is -1.44. The summed E-state index contributed by atoms with van der Waals surface area (Å²) in [7, 11) is 0. The molecule has 3 N–H and O–H groups in total. The van der Waals surface area contributed by atoms with Crippen LogP contribution in [0.2, 0.25) is 0 Å². The summed E-state index contributed by atoms with van der Waals surface area (Å²) in [6, 6.07) is 29.5. The highest BCUT2D eigenvalue weighted by Crippen LogP contribution is 2.23. The molecule has 0 spiro atoms. The number of esters is 1. The van der Waals surface area contributed by atoms with Crippen molar-refractivity contribution in [1.29, 1.82) is 0 Å². The van der Waals surface area contributed by atoms with Gasteiger partial charge in [-0.2, -0.15) is 0 Å². The molecule has 0 aliphatic carbocycles. The van der Waals surface area contributed by atoms with Gasteiger partial charge in [-0.25, -0.2) is 4.79 Å². The Labute approximate surface area is 262 Å². The topological polar surface area (TPSA) is 114 Å². The van der Waals surface area contributed by atoms with Crippen molar-refractivity contribution in [3.8, 4) is 0 Å². The van der Waals surface area contributed by atoms with Crippen LogP contribution in [-0.2, 0) is 14.3 Å². The first kappa shape index (κ1) is 31.3. The molecule has 0 bridgehead atoms. The van der Waals surface area contributed by atoms with Gasteiger partial charge >= 0.3 is 5.97 Å². The van der Waals surface area contributed by atoms with E-state index in [0.717, 1.165) is 14.9 Å². The highest BCUT2D eigenvalue weighted by Gasteiger charge is 2.16. The van der Waals surface area contributed by atoms with Gasteiger partial charge in [0, 0.05) is 26.3 Å². The molecule has 0 fully saturated rings. The van der Waals surface area contributed by atoms with Crippen LogP contribution >= 0.6 is 27.7 Å². The first-order valence-corrected chi connectivity index (χ1v) is 15.0. The maximum atomic E-state index is 13.3. The predicted octanol–water partition coefficient (Wildman–Crippen LogP) is 6.77. The molecule has 0 aliphatic heterocycles. The van der Waals surface area contributed by atoms with E-state index in [9.17, 15) is 19.2 Å². The largest absolute Gasteiger partial charge is 0.462 e. The summed E-state index contributed by atoms with van der Waals surface area (Å²) in [4.78, 5) is 51.3. The number of thioether (sulfide) groups is 1. The van der Waals surface area contributed by atoms with E-state index in [-0.39, 0.29) is 24.0 Å². The summed E-state index contributed by atoms with van der Waals surface area (Å²) < 4.78 is 5.86. The predicted molar refractivity (Wildman–Crippen MR) is 173 cm³/mol. The summed E-state index contributed by atoms with van der Waals surface area (Å²) in [6.07, 6.45) is 1.60. The van der Waals surface area contributed by atoms with Gasteiger partial charge in [-0.1, -0.05) is 52.3 Å². The Kier molecular flexibility index (Phi) is 11.3. The number of amides is 3. The molecule has 0 unspecified atom stereocenters. The van der Waals surface area contributed by atoms with Gasteiger partial charge in [-0.05, 0) is 85.3 Å². The molecule has 4 aromatic carbocycles. The quantitative estimate of drug-likeness (QED) is 0.0932. The zero-order valence-electron chi connectivity index (χ0n) is 23.1. The first-order valence-electron chi connectivity index (χ1n) is 13.3. The normalized spacial score (nSPS) is 10.9. The number of rotatable bonds is 11. The van der Waals surface area contributed by atoms with Crippen molar-refractivity contribution in [2.45, 2.75) is 11.8 Å². The van der Waals surface area contributed by atoms with E-state index in [1.54, 1.807) is 85.8 Å². The average molecular weight is 659 g/mol. The molecule has 0 saturated heterocycles. The molecule has 10 heteroatoms. The second kappa shape index (κ2) is 15.5. The minimum absolute atomic E-state index is 0.0718. The molecule has 43 heavy (non-hydrogen) atoms. The molecular weight excluding hydrogens is 630 g/mol. The van der Waals surface area contributed by atoms with Gasteiger partial charge in [0.2, 0.25) is 5.91 Å². The van der Waals surface area contributed by atoms with E-state index in [4.69, 9.17) is 4.74 Å². The van der Waals surface area contributed by atoms with E-state index in [1.165, 1.54) is 11.8 Å². The Balaban J connectivity index is 1.39. The number of carbonyl (C=O) groups excluding carboxylic acids is 4. The molecular formula is C33H28BrN3O5S. The standard InChI is InChI=1S/C33H28BrN3O5S/c1-2-42-33(41)24-13-17-26(18-14-24)35-30(38)21-43-28-10-6-9-27(20-28)36-32(40)29(19-22-11-15-25(34)16-12-22)37-31(39)23-7-4-3-5-8-23/h3-20H,2,21H2,1H3,(H,35,38)(H,36,40)(H,37,39)/b29-19-. The maximum absolute atomic E-state index is 13.3. The molecule has 0 aromatic heterocycles. The maximum Gasteiger partial charge on any atom is 0.338 e. The number of anilines is 2. The molecule has 4 rings (SSSR count). The Bertz CT molecular complexity index is 1620. The van der Waals surface area contributed by atoms with E-state index in [1.807, 2.05) is 30.3 Å². The third kappa shape index (κ3) is 9.69. The van der Waals surface area contributed by atoms with E-state index >= 15 is 0 Å². The fraction of sp³-hybridized carbons (Fsp3) is 0.0909. The van der Waals surface area contributed by atoms with Crippen LogP contribution in [0.25, 0.3) is 6.08 Å². The van der Waals surface area contributed by atoms with Gasteiger partial charge in [0.1, 0.15) is 5.70 Å². The highest BCUT2D eigenvalue weighted by atomic mass is 79.9. The van der Waals surface area contributed by atoms with Crippen molar-refractivity contribution in [3.63, 3.8) is 0 Å². The molecule has 0 heterocycles. The van der Waals surface area contributed by atoms with Gasteiger partial charge < -0.3 is 20.7 Å². The van der Waals surface area contributed by atoms with E-state index in [0.29, 0.717) is 22.5 Å². The molecule has 4 aromatic rings. The third-order valence-corrected chi connectivity index (χ3v) is 7.37. The highest BCUT2D eigenvalue weighted by molar-refractivity contribution is 9.10. The Morgan fingerprint density at radius 2 is 1.51 bits per heavy atom. The number of carbonyl (C=O) groups is 4. The van der Waals surface area contributed by atoms with Crippen molar-refractivity contribution in [1.82, 2.24) is 5.32 Å². The molecule has 0 radical (unpaired) electrons. The fourth-order valence-electron chi connectivity index (χ4n) is 3.78. The number of benzene rings is 4. The monoisotopic (exact) mass is 657 g/mol. The van der Waals surface area contributed by atoms with Crippen LogP contribution in [-0.4, -0.2) is 36.1 Å². The first-order chi connectivity index (χ1) is 20.8. The van der Waals surface area contributed by atoms with Crippen LogP contribution in [0.3, 0.4) is 0 Å². The van der Waals surface area contributed by atoms with Gasteiger partial charge in [0.25, 0.3) is 11.8 Å². The number of ether oxygens (including phenoxy) is 1. The van der Waals surface area contributed by atoms with Crippen molar-refractivity contribution < 1.29 is 23.9 Å². The molecule has 218 valence electrons. The second-order valence-electron chi connectivity index (χ2n) is 9.05. The molecule has 3 amide bonds. The second-order valence-corrected chi connectivity index (χ2v) is 11.0. The van der Waals surface area contributed by atoms with Crippen molar-refractivity contribution in [2.24, 2.45) is 0 Å². The Morgan fingerprint density at radius 3 is 2.21 bits per heavy atom. The van der Waals surface area contributed by atoms with Crippen molar-refractivity contribution in [2.75, 3.05) is 23.0 Å². The van der Waals surface area contributed by atoms with Crippen molar-refractivity contribution in [3.05, 3.63) is 130 Å². The molecule has 0 aliphatic rings. The molecule has 0 atom stereocenters. The van der Waals surface area contributed by atoms with Gasteiger partial charge in [0.15, 0.2) is 0 Å². The van der Waals surface area contributed by atoms with E-state index in [2.05, 4.69) is 31.9 Å². The van der Waals surface area contributed by atoms with Crippen LogP contribution in [0.1, 0.15) is 33.2 Å². The summed E-state index contributed by atoms with van der Waals surface area (Å²) in [6.45, 7) is 2.02. The smallest absolute Gasteiger partial charge is 0.338 e. The minimum atomic E-state index is -0.502. The number of hydrogen-bond donors (Lipinski definition) is 3. The van der Waals surface area contributed by atoms with Gasteiger partial charge in [-0.3, -0.25) is 14.4 Å². The zero-order valence-corrected chi connectivity index (χ0v) is 25.5. The van der Waals surface area contributed by atoms with Crippen LogP contribution in [0.4, 0.5) is 11.4 Å². The number of nitrogens with one attached hydrogen (secondary N) is 3. The van der Waals surface area contributed by atoms with Crippen molar-refractivity contribution >= 4 is 68.8 Å². The van der Waals surface area contributed by atoms with Gasteiger partial charge in [0.05, 0.1) is 17.9 Å². The summed E-state index contributed by atoms with van der Waals surface area (Å²) in [5, 5.41) is 8.36. The lowest BCUT2D eigenvalue weighted by Gasteiger charge is -2.12. The number of hydrogen-bond acceptors (Lipinski definition) is 6. The summed E-state index contributed by atoms with van der Waals surface area (Å²) >= 11 is 4.70. The third-order valence-electron chi connectivity index (χ3n) is 5.85. The van der Waals surface area contributed by atoms with Crippen LogP contribution < -0.4 is 16.0 Å². The van der Waals surface area contributed by atoms with Crippen LogP contribution in [0, 0.1) is 0 Å². The average Bonchev–Trinajstić information content (AvgIpc) is 3.02. The Morgan fingerprint density at radius 1 is 0.791 bits per heavy atom. The Hall–Kier alpha value is -4.67. The molecule has 8 nitrogen and oxygen atoms in total. The SMILES string of the molecule is CCOC(=O)c1ccc(NC(=O)CSc2cccc(NC(=O)/C(=C/c3ccc(Br)cc3)NC(=O)c3ccccc3)c2)cc1. The zero-order chi connectivity index (χ0) is 30.6. The van der Waals surface area contributed by atoms with Crippen LogP contribution in [0.15, 0.2) is 118 Å².